The van der Waals surface area contributed by atoms with Gasteiger partial charge in [-0.2, -0.15) is 5.10 Å². The summed E-state index contributed by atoms with van der Waals surface area (Å²) in [6.07, 6.45) is 1.43. The lowest BCUT2D eigenvalue weighted by atomic mass is 10.1. The van der Waals surface area contributed by atoms with E-state index in [0.717, 1.165) is 30.8 Å². The average Bonchev–Trinajstić information content (AvgIpc) is 2.56. The Morgan fingerprint density at radius 2 is 2.19 bits per heavy atom. The second-order valence-electron chi connectivity index (χ2n) is 3.90. The second-order valence-corrected chi connectivity index (χ2v) is 3.90. The number of aliphatic hydroxyl groups excluding tert-OH is 1. The largest absolute Gasteiger partial charge is 0.476 e. The summed E-state index contributed by atoms with van der Waals surface area (Å²) in [6.45, 7) is 2.38. The van der Waals surface area contributed by atoms with E-state index < -0.39 is 5.97 Å². The molecule has 2 rings (SSSR count). The zero-order chi connectivity index (χ0) is 11.5. The van der Waals surface area contributed by atoms with Crippen molar-refractivity contribution in [1.29, 1.82) is 0 Å². The van der Waals surface area contributed by atoms with Crippen LogP contribution in [0.4, 0.5) is 0 Å². The van der Waals surface area contributed by atoms with Crippen molar-refractivity contribution in [3.05, 3.63) is 17.0 Å². The zero-order valence-corrected chi connectivity index (χ0v) is 8.94. The topological polar surface area (TPSA) is 89.4 Å². The third-order valence-electron chi connectivity index (χ3n) is 2.93. The molecule has 88 valence electrons. The number of aromatic carboxylic acids is 1. The Kier molecular flexibility index (Phi) is 3.21. The fourth-order valence-electron chi connectivity index (χ4n) is 2.07. The molecule has 1 aliphatic heterocycles. The molecule has 6 heteroatoms. The van der Waals surface area contributed by atoms with Crippen molar-refractivity contribution in [3.63, 3.8) is 0 Å². The van der Waals surface area contributed by atoms with Gasteiger partial charge in [0.15, 0.2) is 5.69 Å². The first-order chi connectivity index (χ1) is 7.72. The number of nitrogens with one attached hydrogen (secondary N) is 1. The standard InChI is InChI=1S/C10H15N3O3/c14-6-5-13-3-1-7-8(2-4-13)11-12-9(7)10(15)16/h14H,1-6H2,(H,11,12)(H,15,16). The van der Waals surface area contributed by atoms with Gasteiger partial charge in [-0.3, -0.25) is 5.10 Å². The van der Waals surface area contributed by atoms with Crippen molar-refractivity contribution in [2.24, 2.45) is 0 Å². The highest BCUT2D eigenvalue weighted by molar-refractivity contribution is 5.87. The Morgan fingerprint density at radius 3 is 2.88 bits per heavy atom. The minimum atomic E-state index is -0.979. The number of hydrogen-bond donors (Lipinski definition) is 3. The molecule has 1 aromatic heterocycles. The number of aromatic amines is 1. The third-order valence-corrected chi connectivity index (χ3v) is 2.93. The van der Waals surface area contributed by atoms with E-state index in [4.69, 9.17) is 10.2 Å². The highest BCUT2D eigenvalue weighted by Crippen LogP contribution is 2.17. The van der Waals surface area contributed by atoms with Gasteiger partial charge in [0.2, 0.25) is 0 Å². The van der Waals surface area contributed by atoms with E-state index >= 15 is 0 Å². The number of β-amino-alcohol motifs (C(OH)–C–C–N with tert-alkyl or cyclic N) is 1. The molecule has 1 aromatic rings. The van der Waals surface area contributed by atoms with Gasteiger partial charge in [0.05, 0.1) is 6.61 Å². The van der Waals surface area contributed by atoms with Crippen molar-refractivity contribution in [1.82, 2.24) is 15.1 Å². The van der Waals surface area contributed by atoms with Crippen LogP contribution in [0.15, 0.2) is 0 Å². The molecule has 0 spiro atoms. The smallest absolute Gasteiger partial charge is 0.356 e. The van der Waals surface area contributed by atoms with E-state index in [2.05, 4.69) is 15.1 Å². The first-order valence-electron chi connectivity index (χ1n) is 5.35. The number of carboxylic acid groups (broad SMARTS) is 1. The summed E-state index contributed by atoms with van der Waals surface area (Å²) in [4.78, 5) is 13.0. The SMILES string of the molecule is O=C(O)c1n[nH]c2c1CCN(CCO)CC2. The van der Waals surface area contributed by atoms with Crippen molar-refractivity contribution in [3.8, 4) is 0 Å². The van der Waals surface area contributed by atoms with Crippen LogP contribution >= 0.6 is 0 Å². The molecule has 0 atom stereocenters. The maximum atomic E-state index is 10.9. The number of aromatic nitrogens is 2. The Hall–Kier alpha value is -1.40. The van der Waals surface area contributed by atoms with E-state index in [1.165, 1.54) is 0 Å². The number of aliphatic hydroxyl groups is 1. The summed E-state index contributed by atoms with van der Waals surface area (Å²) < 4.78 is 0. The van der Waals surface area contributed by atoms with Crippen LogP contribution in [0, 0.1) is 0 Å². The molecule has 0 saturated heterocycles. The van der Waals surface area contributed by atoms with Crippen molar-refractivity contribution in [2.75, 3.05) is 26.2 Å². The van der Waals surface area contributed by atoms with Gasteiger partial charge in [-0.25, -0.2) is 4.79 Å². The number of hydrogen-bond acceptors (Lipinski definition) is 4. The van der Waals surface area contributed by atoms with Gasteiger partial charge >= 0.3 is 5.97 Å². The average molecular weight is 225 g/mol. The number of carboxylic acids is 1. The molecule has 0 aromatic carbocycles. The van der Waals surface area contributed by atoms with Crippen LogP contribution in [-0.2, 0) is 12.8 Å². The van der Waals surface area contributed by atoms with Crippen molar-refractivity contribution in [2.45, 2.75) is 12.8 Å². The molecular weight excluding hydrogens is 210 g/mol. The quantitative estimate of drug-likeness (QED) is 0.645. The molecule has 0 radical (unpaired) electrons. The summed E-state index contributed by atoms with van der Waals surface area (Å²) in [6, 6.07) is 0. The van der Waals surface area contributed by atoms with Crippen LogP contribution < -0.4 is 0 Å². The fraction of sp³-hybridized carbons (Fsp3) is 0.600. The highest BCUT2D eigenvalue weighted by Gasteiger charge is 2.22. The summed E-state index contributed by atoms with van der Waals surface area (Å²) in [7, 11) is 0. The molecule has 0 unspecified atom stereocenters. The van der Waals surface area contributed by atoms with Crippen LogP contribution in [0.5, 0.6) is 0 Å². The summed E-state index contributed by atoms with van der Waals surface area (Å²) in [5.74, 6) is -0.979. The molecule has 16 heavy (non-hydrogen) atoms. The van der Waals surface area contributed by atoms with E-state index in [1.54, 1.807) is 0 Å². The minimum absolute atomic E-state index is 0.137. The van der Waals surface area contributed by atoms with Crippen LogP contribution in [0.25, 0.3) is 0 Å². The molecule has 1 aliphatic rings. The number of H-pyrrole nitrogens is 1. The number of rotatable bonds is 3. The predicted molar refractivity (Wildman–Crippen MR) is 56.5 cm³/mol. The number of carbonyl (C=O) groups is 1. The molecule has 3 N–H and O–H groups in total. The third kappa shape index (κ3) is 2.07. The van der Waals surface area contributed by atoms with Crippen molar-refractivity contribution < 1.29 is 15.0 Å². The summed E-state index contributed by atoms with van der Waals surface area (Å²) >= 11 is 0. The molecule has 0 bridgehead atoms. The number of fused-ring (bicyclic) bond motifs is 1. The van der Waals surface area contributed by atoms with Gasteiger partial charge in [-0.05, 0) is 6.42 Å². The Bertz CT molecular complexity index is 389. The lowest BCUT2D eigenvalue weighted by Crippen LogP contribution is -2.29. The lowest BCUT2D eigenvalue weighted by molar-refractivity contribution is 0.0689. The molecular formula is C10H15N3O3. The maximum Gasteiger partial charge on any atom is 0.356 e. The summed E-state index contributed by atoms with van der Waals surface area (Å²) in [5, 5.41) is 24.4. The molecule has 0 amide bonds. The van der Waals surface area contributed by atoms with E-state index in [9.17, 15) is 4.79 Å². The molecule has 2 heterocycles. The van der Waals surface area contributed by atoms with Gasteiger partial charge in [0.25, 0.3) is 0 Å². The molecule has 6 nitrogen and oxygen atoms in total. The summed E-state index contributed by atoms with van der Waals surface area (Å²) in [5.41, 5.74) is 1.87. The lowest BCUT2D eigenvalue weighted by Gasteiger charge is -2.17. The van der Waals surface area contributed by atoms with Gasteiger partial charge in [-0.15, -0.1) is 0 Å². The van der Waals surface area contributed by atoms with E-state index in [-0.39, 0.29) is 12.3 Å². The monoisotopic (exact) mass is 225 g/mol. The molecule has 0 saturated carbocycles. The predicted octanol–water partition coefficient (Wildman–Crippen LogP) is -0.499. The normalized spacial score (nSPS) is 16.8. The first kappa shape index (κ1) is 11.1. The van der Waals surface area contributed by atoms with Crippen LogP contribution in [0.2, 0.25) is 0 Å². The van der Waals surface area contributed by atoms with Gasteiger partial charge in [-0.1, -0.05) is 0 Å². The van der Waals surface area contributed by atoms with Gasteiger partial charge in [0.1, 0.15) is 0 Å². The van der Waals surface area contributed by atoms with Crippen LogP contribution in [0.3, 0.4) is 0 Å². The van der Waals surface area contributed by atoms with Crippen molar-refractivity contribution >= 4 is 5.97 Å². The minimum Gasteiger partial charge on any atom is -0.476 e. The highest BCUT2D eigenvalue weighted by atomic mass is 16.4. The Balaban J connectivity index is 2.15. The maximum absolute atomic E-state index is 10.9. The van der Waals surface area contributed by atoms with Gasteiger partial charge in [0, 0.05) is 37.3 Å². The van der Waals surface area contributed by atoms with E-state index in [1.807, 2.05) is 0 Å². The van der Waals surface area contributed by atoms with Crippen LogP contribution in [0.1, 0.15) is 21.7 Å². The first-order valence-corrected chi connectivity index (χ1v) is 5.35. The second kappa shape index (κ2) is 4.63. The van der Waals surface area contributed by atoms with E-state index in [0.29, 0.717) is 13.0 Å². The number of nitrogens with zero attached hydrogens (tertiary/aromatic N) is 2. The molecule has 0 aliphatic carbocycles. The van der Waals surface area contributed by atoms with Crippen LogP contribution in [-0.4, -0.2) is 57.5 Å². The Morgan fingerprint density at radius 1 is 1.44 bits per heavy atom. The fourth-order valence-corrected chi connectivity index (χ4v) is 2.07. The van der Waals surface area contributed by atoms with Gasteiger partial charge < -0.3 is 15.1 Å². The zero-order valence-electron chi connectivity index (χ0n) is 8.94. The Labute approximate surface area is 92.9 Å². The molecule has 0 fully saturated rings.